The topological polar surface area (TPSA) is 87.7 Å². The second-order valence-electron chi connectivity index (χ2n) is 3.60. The number of nitrogens with zero attached hydrogens (tertiary/aromatic N) is 1. The minimum atomic E-state index is -0.162. The molecular weight excluding hydrogens is 226 g/mol. The molecule has 1 rings (SSSR count). The van der Waals surface area contributed by atoms with Crippen LogP contribution in [0.4, 0.5) is 0 Å². The van der Waals surface area contributed by atoms with E-state index >= 15 is 0 Å². The van der Waals surface area contributed by atoms with E-state index in [-0.39, 0.29) is 17.8 Å². The number of thiophene rings is 1. The highest BCUT2D eigenvalue weighted by Crippen LogP contribution is 2.15. The molecule has 0 aliphatic heterocycles. The van der Waals surface area contributed by atoms with E-state index in [0.717, 1.165) is 5.56 Å². The maximum Gasteiger partial charge on any atom is 0.261 e. The Bertz CT molecular complexity index is 401. The normalized spacial score (nSPS) is 13.5. The molecule has 0 saturated carbocycles. The maximum atomic E-state index is 11.8. The summed E-state index contributed by atoms with van der Waals surface area (Å²) in [7, 11) is 0. The predicted molar refractivity (Wildman–Crippen MR) is 64.0 cm³/mol. The quantitative estimate of drug-likeness (QED) is 0.321. The van der Waals surface area contributed by atoms with Gasteiger partial charge in [-0.3, -0.25) is 4.79 Å². The lowest BCUT2D eigenvalue weighted by Crippen LogP contribution is -2.35. The van der Waals surface area contributed by atoms with Gasteiger partial charge < -0.3 is 16.3 Å². The summed E-state index contributed by atoms with van der Waals surface area (Å²) >= 11 is 1.40. The van der Waals surface area contributed by atoms with Gasteiger partial charge >= 0.3 is 0 Å². The first kappa shape index (κ1) is 12.5. The molecule has 1 amide bonds. The first-order chi connectivity index (χ1) is 7.54. The van der Waals surface area contributed by atoms with Gasteiger partial charge in [-0.05, 0) is 30.9 Å². The smallest absolute Gasteiger partial charge is 0.261 e. The van der Waals surface area contributed by atoms with E-state index in [0.29, 0.717) is 11.3 Å². The molecule has 0 bridgehead atoms. The summed E-state index contributed by atoms with van der Waals surface area (Å²) in [5.41, 5.74) is 6.31. The second-order valence-corrected chi connectivity index (χ2v) is 4.52. The van der Waals surface area contributed by atoms with Crippen LogP contribution in [-0.4, -0.2) is 23.0 Å². The summed E-state index contributed by atoms with van der Waals surface area (Å²) in [5, 5.41) is 15.9. The van der Waals surface area contributed by atoms with E-state index in [4.69, 9.17) is 10.9 Å². The number of amidine groups is 1. The molecule has 1 atom stereocenters. The van der Waals surface area contributed by atoms with Crippen molar-refractivity contribution >= 4 is 23.1 Å². The lowest BCUT2D eigenvalue weighted by atomic mass is 10.2. The first-order valence-electron chi connectivity index (χ1n) is 4.86. The van der Waals surface area contributed by atoms with Crippen LogP contribution in [0.15, 0.2) is 16.6 Å². The molecule has 1 heterocycles. The van der Waals surface area contributed by atoms with E-state index in [1.54, 1.807) is 6.92 Å². The van der Waals surface area contributed by atoms with Gasteiger partial charge in [0.25, 0.3) is 5.91 Å². The molecular formula is C10H15N3O2S. The third-order valence-corrected chi connectivity index (χ3v) is 3.10. The number of nitrogens with two attached hydrogens (primary N) is 1. The molecule has 1 aromatic rings. The molecule has 88 valence electrons. The van der Waals surface area contributed by atoms with Crippen LogP contribution in [0.2, 0.25) is 0 Å². The first-order valence-corrected chi connectivity index (χ1v) is 5.74. The third-order valence-electron chi connectivity index (χ3n) is 2.09. The number of amides is 1. The van der Waals surface area contributed by atoms with Crippen molar-refractivity contribution in [2.24, 2.45) is 10.9 Å². The summed E-state index contributed by atoms with van der Waals surface area (Å²) in [5.74, 6) is -0.0126. The number of rotatable bonds is 4. The summed E-state index contributed by atoms with van der Waals surface area (Å²) < 4.78 is 0. The van der Waals surface area contributed by atoms with Crippen LogP contribution in [0.25, 0.3) is 0 Å². The second kappa shape index (κ2) is 5.50. The Hall–Kier alpha value is -1.56. The molecule has 4 N–H and O–H groups in total. The lowest BCUT2D eigenvalue weighted by molar-refractivity contribution is 0.0944. The zero-order chi connectivity index (χ0) is 12.1. The lowest BCUT2D eigenvalue weighted by Gasteiger charge is -2.12. The molecule has 0 aliphatic rings. The maximum absolute atomic E-state index is 11.8. The van der Waals surface area contributed by atoms with Crippen LogP contribution in [-0.2, 0) is 0 Å². The van der Waals surface area contributed by atoms with E-state index < -0.39 is 0 Å². The van der Waals surface area contributed by atoms with Gasteiger partial charge in [-0.1, -0.05) is 5.16 Å². The molecule has 0 saturated heterocycles. The highest BCUT2D eigenvalue weighted by atomic mass is 32.1. The molecule has 5 nitrogen and oxygen atoms in total. The molecule has 6 heteroatoms. The Morgan fingerprint density at radius 3 is 2.94 bits per heavy atom. The molecule has 1 unspecified atom stereocenters. The van der Waals surface area contributed by atoms with Crippen LogP contribution < -0.4 is 11.1 Å². The molecule has 0 spiro atoms. The zero-order valence-corrected chi connectivity index (χ0v) is 10.0. The molecule has 1 aromatic heterocycles. The Balaban J connectivity index is 2.55. The average molecular weight is 241 g/mol. The minimum absolute atomic E-state index is 0.107. The average Bonchev–Trinajstić information content (AvgIpc) is 2.63. The SMILES string of the molecule is Cc1ccsc1C(=O)NC(C)CC(N)=NO. The molecule has 0 aromatic carbocycles. The number of aryl methyl sites for hydroxylation is 1. The molecule has 0 fully saturated rings. The number of carbonyl (C=O) groups is 1. The standard InChI is InChI=1S/C10H15N3O2S/c1-6-3-4-16-9(6)10(14)12-7(2)5-8(11)13-15/h3-4,7,15H,5H2,1-2H3,(H2,11,13)(H,12,14). The highest BCUT2D eigenvalue weighted by Gasteiger charge is 2.13. The van der Waals surface area contributed by atoms with Crippen molar-refractivity contribution < 1.29 is 10.0 Å². The van der Waals surface area contributed by atoms with E-state index in [2.05, 4.69) is 10.5 Å². The van der Waals surface area contributed by atoms with Gasteiger partial charge in [-0.2, -0.15) is 0 Å². The van der Waals surface area contributed by atoms with Crippen LogP contribution in [0.3, 0.4) is 0 Å². The van der Waals surface area contributed by atoms with Crippen molar-refractivity contribution in [1.82, 2.24) is 5.32 Å². The largest absolute Gasteiger partial charge is 0.409 e. The van der Waals surface area contributed by atoms with Crippen molar-refractivity contribution in [3.05, 3.63) is 21.9 Å². The van der Waals surface area contributed by atoms with Crippen molar-refractivity contribution in [2.45, 2.75) is 26.3 Å². The number of carbonyl (C=O) groups excluding carboxylic acids is 1. The molecule has 0 radical (unpaired) electrons. The summed E-state index contributed by atoms with van der Waals surface area (Å²) in [6, 6.07) is 1.73. The fourth-order valence-corrected chi connectivity index (χ4v) is 2.13. The van der Waals surface area contributed by atoms with E-state index in [1.807, 2.05) is 18.4 Å². The molecule has 0 aliphatic carbocycles. The van der Waals surface area contributed by atoms with E-state index in [9.17, 15) is 4.79 Å². The summed E-state index contributed by atoms with van der Waals surface area (Å²) in [4.78, 5) is 12.5. The predicted octanol–water partition coefficient (Wildman–Crippen LogP) is 1.31. The fraction of sp³-hybridized carbons (Fsp3) is 0.400. The summed E-state index contributed by atoms with van der Waals surface area (Å²) in [6.07, 6.45) is 0.326. The van der Waals surface area contributed by atoms with Gasteiger partial charge in [0.05, 0.1) is 4.88 Å². The Morgan fingerprint density at radius 2 is 2.44 bits per heavy atom. The van der Waals surface area contributed by atoms with Gasteiger partial charge in [0.15, 0.2) is 0 Å². The van der Waals surface area contributed by atoms with Crippen LogP contribution in [0.1, 0.15) is 28.6 Å². The Morgan fingerprint density at radius 1 is 1.75 bits per heavy atom. The van der Waals surface area contributed by atoms with E-state index in [1.165, 1.54) is 11.3 Å². The summed E-state index contributed by atoms with van der Waals surface area (Å²) in [6.45, 7) is 3.69. The van der Waals surface area contributed by atoms with Gasteiger partial charge in [0.1, 0.15) is 5.84 Å². The Labute approximate surface area is 98.0 Å². The van der Waals surface area contributed by atoms with Crippen LogP contribution in [0.5, 0.6) is 0 Å². The number of nitrogens with one attached hydrogen (secondary N) is 1. The van der Waals surface area contributed by atoms with Crippen molar-refractivity contribution in [1.29, 1.82) is 0 Å². The van der Waals surface area contributed by atoms with Crippen LogP contribution >= 0.6 is 11.3 Å². The zero-order valence-electron chi connectivity index (χ0n) is 9.23. The van der Waals surface area contributed by atoms with Gasteiger partial charge in [-0.25, -0.2) is 0 Å². The fourth-order valence-electron chi connectivity index (χ4n) is 1.30. The monoisotopic (exact) mass is 241 g/mol. The number of oxime groups is 1. The minimum Gasteiger partial charge on any atom is -0.409 e. The highest BCUT2D eigenvalue weighted by molar-refractivity contribution is 7.12. The third kappa shape index (κ3) is 3.23. The molecule has 16 heavy (non-hydrogen) atoms. The Kier molecular flexibility index (Phi) is 4.30. The van der Waals surface area contributed by atoms with Gasteiger partial charge in [-0.15, -0.1) is 11.3 Å². The van der Waals surface area contributed by atoms with Gasteiger partial charge in [0, 0.05) is 12.5 Å². The number of hydrogen-bond acceptors (Lipinski definition) is 4. The van der Waals surface area contributed by atoms with Gasteiger partial charge in [0.2, 0.25) is 0 Å². The van der Waals surface area contributed by atoms with Crippen molar-refractivity contribution in [3.63, 3.8) is 0 Å². The van der Waals surface area contributed by atoms with Crippen molar-refractivity contribution in [2.75, 3.05) is 0 Å². The van der Waals surface area contributed by atoms with Crippen LogP contribution in [0, 0.1) is 6.92 Å². The van der Waals surface area contributed by atoms with Crippen molar-refractivity contribution in [3.8, 4) is 0 Å². The number of hydrogen-bond donors (Lipinski definition) is 3.